The van der Waals surface area contributed by atoms with E-state index in [-0.39, 0.29) is 27.7 Å². The molecule has 0 atom stereocenters. The van der Waals surface area contributed by atoms with Crippen LogP contribution in [0, 0.1) is 11.3 Å². The predicted molar refractivity (Wildman–Crippen MR) is 139 cm³/mol. The van der Waals surface area contributed by atoms with Gasteiger partial charge in [-0.1, -0.05) is 42.5 Å². The number of aromatic nitrogens is 3. The van der Waals surface area contributed by atoms with E-state index in [9.17, 15) is 23.2 Å². The second-order valence-electron chi connectivity index (χ2n) is 8.17. The maximum absolute atomic E-state index is 13.7. The summed E-state index contributed by atoms with van der Waals surface area (Å²) >= 11 is 1.01. The molecule has 0 saturated carbocycles. The fraction of sp³-hybridized carbons (Fsp3) is 0.143. The van der Waals surface area contributed by atoms with Gasteiger partial charge in [-0.25, -0.2) is 4.98 Å². The minimum absolute atomic E-state index is 0.0315. The molecule has 0 saturated heterocycles. The minimum Gasteiger partial charge on any atom is -0.496 e. The van der Waals surface area contributed by atoms with Crippen LogP contribution in [0.4, 0.5) is 13.2 Å². The zero-order chi connectivity index (χ0) is 27.3. The Morgan fingerprint density at radius 1 is 1.18 bits per heavy atom. The zero-order valence-electron chi connectivity index (χ0n) is 20.4. The number of ether oxygens (including phenoxy) is 1. The van der Waals surface area contributed by atoms with E-state index in [4.69, 9.17) is 4.74 Å². The Kier molecular flexibility index (Phi) is 7.98. The van der Waals surface area contributed by atoms with Crippen LogP contribution >= 0.6 is 11.8 Å². The molecule has 0 bridgehead atoms. The van der Waals surface area contributed by atoms with Crippen molar-refractivity contribution in [3.8, 4) is 22.9 Å². The number of methoxy groups -OCH3 is 1. The van der Waals surface area contributed by atoms with Crippen molar-refractivity contribution in [1.29, 1.82) is 5.26 Å². The molecule has 2 aromatic heterocycles. The van der Waals surface area contributed by atoms with Gasteiger partial charge in [0, 0.05) is 30.1 Å². The summed E-state index contributed by atoms with van der Waals surface area (Å²) in [5.74, 6) is 0.477. The molecule has 0 aliphatic rings. The number of benzene rings is 2. The number of carbonyl (C=O) groups is 1. The van der Waals surface area contributed by atoms with Crippen molar-refractivity contribution in [1.82, 2.24) is 14.8 Å². The van der Waals surface area contributed by atoms with E-state index in [2.05, 4.69) is 10.1 Å². The Hall–Kier alpha value is -4.36. The monoisotopic (exact) mass is 534 g/mol. The third kappa shape index (κ3) is 6.12. The first kappa shape index (κ1) is 26.7. The number of alkyl halides is 3. The third-order valence-corrected chi connectivity index (χ3v) is 6.58. The molecule has 0 aliphatic heterocycles. The lowest BCUT2D eigenvalue weighted by atomic mass is 10.0. The van der Waals surface area contributed by atoms with E-state index >= 15 is 0 Å². The maximum Gasteiger partial charge on any atom is 0.433 e. The van der Waals surface area contributed by atoms with Gasteiger partial charge in [-0.05, 0) is 35.4 Å². The lowest BCUT2D eigenvalue weighted by Crippen LogP contribution is -2.10. The van der Waals surface area contributed by atoms with Crippen LogP contribution in [-0.2, 0) is 19.0 Å². The highest BCUT2D eigenvalue weighted by atomic mass is 32.2. The molecule has 0 amide bonds. The van der Waals surface area contributed by atoms with Crippen LogP contribution in [0.25, 0.3) is 17.2 Å². The number of pyridine rings is 1. The van der Waals surface area contributed by atoms with Gasteiger partial charge >= 0.3 is 6.18 Å². The molecule has 10 heteroatoms. The molecule has 192 valence electrons. The number of hydrogen-bond acceptors (Lipinski definition) is 6. The molecule has 0 radical (unpaired) electrons. The van der Waals surface area contributed by atoms with E-state index in [1.807, 2.05) is 6.07 Å². The van der Waals surface area contributed by atoms with E-state index in [1.165, 1.54) is 24.1 Å². The van der Waals surface area contributed by atoms with Crippen molar-refractivity contribution in [2.45, 2.75) is 17.0 Å². The van der Waals surface area contributed by atoms with Gasteiger partial charge in [0.25, 0.3) is 0 Å². The molecule has 2 heterocycles. The molecule has 0 aliphatic carbocycles. The first-order valence-electron chi connectivity index (χ1n) is 11.3. The summed E-state index contributed by atoms with van der Waals surface area (Å²) in [6.07, 6.45) is 1.46. The normalized spacial score (nSPS) is 11.5. The highest BCUT2D eigenvalue weighted by Gasteiger charge is 2.34. The number of ketones is 1. The first-order chi connectivity index (χ1) is 18.2. The number of halogens is 3. The highest BCUT2D eigenvalue weighted by molar-refractivity contribution is 7.98. The van der Waals surface area contributed by atoms with E-state index in [0.717, 1.165) is 17.8 Å². The quantitative estimate of drug-likeness (QED) is 0.145. The largest absolute Gasteiger partial charge is 0.496 e. The van der Waals surface area contributed by atoms with Gasteiger partial charge in [0.2, 0.25) is 0 Å². The van der Waals surface area contributed by atoms with E-state index in [0.29, 0.717) is 28.0 Å². The Morgan fingerprint density at radius 3 is 2.58 bits per heavy atom. The van der Waals surface area contributed by atoms with E-state index in [1.54, 1.807) is 67.9 Å². The van der Waals surface area contributed by atoms with Gasteiger partial charge in [0.05, 0.1) is 24.4 Å². The topological polar surface area (TPSA) is 80.8 Å². The number of hydrogen-bond donors (Lipinski definition) is 0. The molecule has 38 heavy (non-hydrogen) atoms. The van der Waals surface area contributed by atoms with Crippen molar-refractivity contribution < 1.29 is 22.7 Å². The molecular formula is C28H21F3N4O2S. The van der Waals surface area contributed by atoms with E-state index < -0.39 is 11.9 Å². The number of nitriles is 1. The van der Waals surface area contributed by atoms with Crippen molar-refractivity contribution in [3.63, 3.8) is 0 Å². The second kappa shape index (κ2) is 11.4. The summed E-state index contributed by atoms with van der Waals surface area (Å²) in [5.41, 5.74) is 1.44. The molecule has 2 aromatic carbocycles. The molecule has 6 nitrogen and oxygen atoms in total. The molecule has 4 rings (SSSR count). The number of carbonyl (C=O) groups excluding carboxylic acids is 1. The van der Waals surface area contributed by atoms with Crippen molar-refractivity contribution in [2.75, 3.05) is 7.11 Å². The molecule has 0 fully saturated rings. The second-order valence-corrected chi connectivity index (χ2v) is 9.14. The molecule has 0 N–H and O–H groups in total. The lowest BCUT2D eigenvalue weighted by molar-refractivity contribution is -0.141. The van der Waals surface area contributed by atoms with Crippen molar-refractivity contribution in [2.24, 2.45) is 7.05 Å². The minimum atomic E-state index is -4.68. The van der Waals surface area contributed by atoms with Crippen LogP contribution in [0.3, 0.4) is 0 Å². The Balaban J connectivity index is 1.66. The molecular weight excluding hydrogens is 513 g/mol. The first-order valence-corrected chi connectivity index (χ1v) is 12.3. The summed E-state index contributed by atoms with van der Waals surface area (Å²) < 4.78 is 48.0. The van der Waals surface area contributed by atoms with Gasteiger partial charge in [0.1, 0.15) is 22.5 Å². The Labute approximate surface area is 221 Å². The fourth-order valence-electron chi connectivity index (χ4n) is 3.70. The standard InChI is InChI=1S/C28H21F3N4O2S/c1-35-16-21(15-33-35)24(36)10-8-18-9-11-25(37-2)20(12-18)17-38-27-23(14-32)22(19-6-4-3-5-7-19)13-26(34-27)28(29,30)31/h3-13,15-16H,17H2,1-2H3/b10-8+. The summed E-state index contributed by atoms with van der Waals surface area (Å²) in [6, 6.07) is 16.6. The van der Waals surface area contributed by atoms with Crippen molar-refractivity contribution in [3.05, 3.63) is 101 Å². The highest BCUT2D eigenvalue weighted by Crippen LogP contribution is 2.38. The van der Waals surface area contributed by atoms with Crippen LogP contribution in [0.15, 0.2) is 78.1 Å². The molecule has 0 unspecified atom stereocenters. The smallest absolute Gasteiger partial charge is 0.433 e. The average molecular weight is 535 g/mol. The summed E-state index contributed by atoms with van der Waals surface area (Å²) in [6.45, 7) is 0. The molecule has 4 aromatic rings. The number of allylic oxidation sites excluding steroid dienone is 1. The Bertz CT molecular complexity index is 1540. The van der Waals surface area contributed by atoms with Crippen molar-refractivity contribution >= 4 is 23.6 Å². The summed E-state index contributed by atoms with van der Waals surface area (Å²) in [4.78, 5) is 16.2. The maximum atomic E-state index is 13.7. The summed E-state index contributed by atoms with van der Waals surface area (Å²) in [7, 11) is 3.20. The summed E-state index contributed by atoms with van der Waals surface area (Å²) in [5, 5.41) is 13.8. The lowest BCUT2D eigenvalue weighted by Gasteiger charge is -2.15. The van der Waals surface area contributed by atoms with Crippen LogP contribution < -0.4 is 4.74 Å². The zero-order valence-corrected chi connectivity index (χ0v) is 21.2. The third-order valence-electron chi connectivity index (χ3n) is 5.56. The Morgan fingerprint density at radius 2 is 1.95 bits per heavy atom. The predicted octanol–water partition coefficient (Wildman–Crippen LogP) is 6.57. The number of nitrogens with zero attached hydrogens (tertiary/aromatic N) is 4. The number of thioether (sulfide) groups is 1. The van der Waals surface area contributed by atoms with Crippen LogP contribution in [0.2, 0.25) is 0 Å². The number of aryl methyl sites for hydroxylation is 1. The van der Waals surface area contributed by atoms with Crippen LogP contribution in [0.5, 0.6) is 5.75 Å². The van der Waals surface area contributed by atoms with Gasteiger partial charge in [-0.2, -0.15) is 23.5 Å². The van der Waals surface area contributed by atoms with Crippen LogP contribution in [-0.4, -0.2) is 27.7 Å². The van der Waals surface area contributed by atoms with Gasteiger partial charge in [-0.15, -0.1) is 11.8 Å². The SMILES string of the molecule is COc1ccc(/C=C/C(=O)c2cnn(C)c2)cc1CSc1nc(C(F)(F)F)cc(-c2ccccc2)c1C#N. The average Bonchev–Trinajstić information content (AvgIpc) is 3.36. The fourth-order valence-corrected chi connectivity index (χ4v) is 4.68. The van der Waals surface area contributed by atoms with Gasteiger partial charge < -0.3 is 4.74 Å². The van der Waals surface area contributed by atoms with Gasteiger partial charge in [-0.3, -0.25) is 9.48 Å². The molecule has 0 spiro atoms. The van der Waals surface area contributed by atoms with Gasteiger partial charge in [0.15, 0.2) is 5.78 Å². The van der Waals surface area contributed by atoms with Crippen LogP contribution in [0.1, 0.15) is 32.7 Å². The number of rotatable bonds is 8.